The Morgan fingerprint density at radius 3 is 2.80 bits per heavy atom. The Morgan fingerprint density at radius 2 is 2.10 bits per heavy atom. The SMILES string of the molecule is CCCCOCCCNCc1ccc(Cl)cc1[N+](=O)[O-]. The Morgan fingerprint density at radius 1 is 1.35 bits per heavy atom. The molecule has 0 saturated carbocycles. The van der Waals surface area contributed by atoms with Gasteiger partial charge in [0, 0.05) is 36.4 Å². The number of ether oxygens (including phenoxy) is 1. The van der Waals surface area contributed by atoms with Gasteiger partial charge in [0.15, 0.2) is 0 Å². The summed E-state index contributed by atoms with van der Waals surface area (Å²) in [6.45, 7) is 4.88. The molecule has 1 aromatic rings. The van der Waals surface area contributed by atoms with Gasteiger partial charge >= 0.3 is 0 Å². The highest BCUT2D eigenvalue weighted by Crippen LogP contribution is 2.22. The van der Waals surface area contributed by atoms with Crippen molar-refractivity contribution in [2.24, 2.45) is 0 Å². The van der Waals surface area contributed by atoms with Crippen molar-refractivity contribution in [1.82, 2.24) is 5.32 Å². The Kier molecular flexibility index (Phi) is 8.18. The van der Waals surface area contributed by atoms with E-state index in [0.29, 0.717) is 17.1 Å². The highest BCUT2D eigenvalue weighted by molar-refractivity contribution is 6.30. The monoisotopic (exact) mass is 300 g/mol. The van der Waals surface area contributed by atoms with E-state index >= 15 is 0 Å². The minimum Gasteiger partial charge on any atom is -0.381 e. The van der Waals surface area contributed by atoms with Crippen molar-refractivity contribution in [2.45, 2.75) is 32.7 Å². The molecular weight excluding hydrogens is 280 g/mol. The number of nitro benzene ring substituents is 1. The Labute approximate surface area is 124 Å². The van der Waals surface area contributed by atoms with Crippen LogP contribution in [-0.4, -0.2) is 24.7 Å². The average molecular weight is 301 g/mol. The van der Waals surface area contributed by atoms with E-state index in [-0.39, 0.29) is 5.69 Å². The molecule has 0 aromatic heterocycles. The van der Waals surface area contributed by atoms with Gasteiger partial charge in [-0.25, -0.2) is 0 Å². The number of nitrogens with zero attached hydrogens (tertiary/aromatic N) is 1. The summed E-state index contributed by atoms with van der Waals surface area (Å²) < 4.78 is 5.44. The number of unbranched alkanes of at least 4 members (excludes halogenated alkanes) is 1. The number of nitrogens with one attached hydrogen (secondary N) is 1. The zero-order chi connectivity index (χ0) is 14.8. The molecule has 5 nitrogen and oxygen atoms in total. The van der Waals surface area contributed by atoms with Crippen LogP contribution in [0.25, 0.3) is 0 Å². The second-order valence-electron chi connectivity index (χ2n) is 4.53. The predicted octanol–water partition coefficient (Wildman–Crippen LogP) is 3.54. The normalized spacial score (nSPS) is 10.7. The van der Waals surface area contributed by atoms with Gasteiger partial charge in [-0.1, -0.05) is 24.9 Å². The van der Waals surface area contributed by atoms with Gasteiger partial charge in [0.1, 0.15) is 0 Å². The number of halogens is 1. The third-order valence-electron chi connectivity index (χ3n) is 2.84. The van der Waals surface area contributed by atoms with E-state index in [9.17, 15) is 10.1 Å². The molecule has 0 spiro atoms. The molecule has 6 heteroatoms. The summed E-state index contributed by atoms with van der Waals surface area (Å²) in [5.74, 6) is 0. The lowest BCUT2D eigenvalue weighted by atomic mass is 10.2. The molecule has 20 heavy (non-hydrogen) atoms. The average Bonchev–Trinajstić information content (AvgIpc) is 2.43. The van der Waals surface area contributed by atoms with Gasteiger partial charge in [-0.3, -0.25) is 10.1 Å². The molecule has 0 aliphatic rings. The van der Waals surface area contributed by atoms with E-state index in [2.05, 4.69) is 12.2 Å². The number of benzene rings is 1. The lowest BCUT2D eigenvalue weighted by Crippen LogP contribution is -2.17. The highest BCUT2D eigenvalue weighted by Gasteiger charge is 2.13. The first-order chi connectivity index (χ1) is 9.65. The molecular formula is C14H21ClN2O3. The molecule has 0 fully saturated rings. The number of hydrogen-bond donors (Lipinski definition) is 1. The van der Waals surface area contributed by atoms with Crippen molar-refractivity contribution >= 4 is 17.3 Å². The van der Waals surface area contributed by atoms with Crippen molar-refractivity contribution in [3.63, 3.8) is 0 Å². The van der Waals surface area contributed by atoms with Gasteiger partial charge in [-0.05, 0) is 31.5 Å². The number of rotatable bonds is 10. The maximum Gasteiger partial charge on any atom is 0.275 e. The Bertz CT molecular complexity index is 427. The van der Waals surface area contributed by atoms with Gasteiger partial charge in [-0.2, -0.15) is 0 Å². The molecule has 0 heterocycles. The second-order valence-corrected chi connectivity index (χ2v) is 4.96. The lowest BCUT2D eigenvalue weighted by molar-refractivity contribution is -0.385. The summed E-state index contributed by atoms with van der Waals surface area (Å²) in [4.78, 5) is 10.5. The molecule has 0 bridgehead atoms. The third kappa shape index (κ3) is 6.32. The van der Waals surface area contributed by atoms with Gasteiger partial charge in [0.05, 0.1) is 4.92 Å². The van der Waals surface area contributed by atoms with E-state index in [0.717, 1.165) is 39.0 Å². The van der Waals surface area contributed by atoms with Gasteiger partial charge < -0.3 is 10.1 Å². The summed E-state index contributed by atoms with van der Waals surface area (Å²) in [7, 11) is 0. The second kappa shape index (κ2) is 9.69. The maximum atomic E-state index is 10.9. The Hall–Kier alpha value is -1.17. The molecule has 0 atom stereocenters. The van der Waals surface area contributed by atoms with Crippen molar-refractivity contribution in [3.05, 3.63) is 38.9 Å². The zero-order valence-corrected chi connectivity index (χ0v) is 12.5. The molecule has 0 saturated heterocycles. The number of hydrogen-bond acceptors (Lipinski definition) is 4. The molecule has 0 aliphatic carbocycles. The fourth-order valence-electron chi connectivity index (χ4n) is 1.73. The van der Waals surface area contributed by atoms with Crippen molar-refractivity contribution in [1.29, 1.82) is 0 Å². The highest BCUT2D eigenvalue weighted by atomic mass is 35.5. The quantitative estimate of drug-likeness (QED) is 0.408. The minimum absolute atomic E-state index is 0.0594. The summed E-state index contributed by atoms with van der Waals surface area (Å²) in [6.07, 6.45) is 3.12. The van der Waals surface area contributed by atoms with Crippen LogP contribution >= 0.6 is 11.6 Å². The van der Waals surface area contributed by atoms with Crippen LogP contribution in [0.5, 0.6) is 0 Å². The molecule has 0 amide bonds. The summed E-state index contributed by atoms with van der Waals surface area (Å²) in [6, 6.07) is 4.73. The van der Waals surface area contributed by atoms with E-state index in [1.54, 1.807) is 12.1 Å². The van der Waals surface area contributed by atoms with Crippen LogP contribution in [0.1, 0.15) is 31.7 Å². The molecule has 0 aliphatic heterocycles. The van der Waals surface area contributed by atoms with Crippen LogP contribution in [0.2, 0.25) is 5.02 Å². The molecule has 0 unspecified atom stereocenters. The van der Waals surface area contributed by atoms with Crippen LogP contribution in [0.4, 0.5) is 5.69 Å². The van der Waals surface area contributed by atoms with Crippen molar-refractivity contribution < 1.29 is 9.66 Å². The smallest absolute Gasteiger partial charge is 0.275 e. The van der Waals surface area contributed by atoms with Crippen LogP contribution in [-0.2, 0) is 11.3 Å². The molecule has 112 valence electrons. The van der Waals surface area contributed by atoms with E-state index in [4.69, 9.17) is 16.3 Å². The van der Waals surface area contributed by atoms with Gasteiger partial charge in [0.25, 0.3) is 5.69 Å². The van der Waals surface area contributed by atoms with Gasteiger partial charge in [-0.15, -0.1) is 0 Å². The van der Waals surface area contributed by atoms with Crippen LogP contribution in [0, 0.1) is 10.1 Å². The topological polar surface area (TPSA) is 64.4 Å². The Balaban J connectivity index is 2.27. The summed E-state index contributed by atoms with van der Waals surface area (Å²) >= 11 is 5.76. The van der Waals surface area contributed by atoms with E-state index in [1.165, 1.54) is 6.07 Å². The van der Waals surface area contributed by atoms with Gasteiger partial charge in [0.2, 0.25) is 0 Å². The fourth-order valence-corrected chi connectivity index (χ4v) is 1.89. The molecule has 1 aromatic carbocycles. The van der Waals surface area contributed by atoms with Crippen molar-refractivity contribution in [2.75, 3.05) is 19.8 Å². The predicted molar refractivity (Wildman–Crippen MR) is 80.2 cm³/mol. The minimum atomic E-state index is -0.406. The van der Waals surface area contributed by atoms with E-state index < -0.39 is 4.92 Å². The first kappa shape index (κ1) is 16.9. The fraction of sp³-hybridized carbons (Fsp3) is 0.571. The van der Waals surface area contributed by atoms with Crippen LogP contribution in [0.3, 0.4) is 0 Å². The maximum absolute atomic E-state index is 10.9. The third-order valence-corrected chi connectivity index (χ3v) is 3.08. The van der Waals surface area contributed by atoms with Crippen LogP contribution in [0.15, 0.2) is 18.2 Å². The molecule has 0 radical (unpaired) electrons. The summed E-state index contributed by atoms with van der Waals surface area (Å²) in [5.41, 5.74) is 0.704. The lowest BCUT2D eigenvalue weighted by Gasteiger charge is -2.06. The van der Waals surface area contributed by atoms with Crippen molar-refractivity contribution in [3.8, 4) is 0 Å². The summed E-state index contributed by atoms with van der Waals surface area (Å²) in [5, 5.41) is 14.5. The molecule has 1 rings (SSSR count). The standard InChI is InChI=1S/C14H21ClN2O3/c1-2-3-8-20-9-4-7-16-11-12-5-6-13(15)10-14(12)17(18)19/h5-6,10,16H,2-4,7-9,11H2,1H3. The number of nitro groups is 1. The first-order valence-electron chi connectivity index (χ1n) is 6.86. The molecule has 1 N–H and O–H groups in total. The largest absolute Gasteiger partial charge is 0.381 e. The van der Waals surface area contributed by atoms with E-state index in [1.807, 2.05) is 0 Å². The van der Waals surface area contributed by atoms with Crippen LogP contribution < -0.4 is 5.32 Å². The zero-order valence-electron chi connectivity index (χ0n) is 11.7. The first-order valence-corrected chi connectivity index (χ1v) is 7.24.